The number of nitro benzene ring substituents is 1. The van der Waals surface area contributed by atoms with Crippen LogP contribution >= 0.6 is 11.8 Å². The first-order valence-corrected chi connectivity index (χ1v) is 8.13. The van der Waals surface area contributed by atoms with Crippen LogP contribution < -0.4 is 4.90 Å². The lowest BCUT2D eigenvalue weighted by Gasteiger charge is -2.24. The maximum absolute atomic E-state index is 10.8. The molecule has 1 heterocycles. The third kappa shape index (κ3) is 3.66. The Morgan fingerprint density at radius 3 is 2.95 bits per heavy atom. The Morgan fingerprint density at radius 2 is 2.29 bits per heavy atom. The number of rotatable bonds is 7. The Labute approximate surface area is 128 Å². The van der Waals surface area contributed by atoms with Gasteiger partial charge in [0.2, 0.25) is 5.95 Å². The fourth-order valence-electron chi connectivity index (χ4n) is 2.07. The summed E-state index contributed by atoms with van der Waals surface area (Å²) in [5.41, 5.74) is 1.52. The lowest BCUT2D eigenvalue weighted by atomic mass is 10.2. The van der Waals surface area contributed by atoms with Gasteiger partial charge in [-0.25, -0.2) is 4.98 Å². The molecular weight excluding hydrogens is 288 g/mol. The molecule has 1 aromatic carbocycles. The SMILES string of the molecule is CCSCC[C@@H](C)N(C)c1nc2ccc([N+](=O)[O-])cc2[nH]1. The van der Waals surface area contributed by atoms with Crippen LogP contribution in [0.2, 0.25) is 0 Å². The summed E-state index contributed by atoms with van der Waals surface area (Å²) in [4.78, 5) is 20.2. The second-order valence-electron chi connectivity index (χ2n) is 4.96. The molecule has 6 nitrogen and oxygen atoms in total. The molecule has 2 rings (SSSR count). The molecule has 0 saturated heterocycles. The van der Waals surface area contributed by atoms with Crippen molar-refractivity contribution >= 4 is 34.4 Å². The van der Waals surface area contributed by atoms with Crippen molar-refractivity contribution in [2.45, 2.75) is 26.3 Å². The minimum absolute atomic E-state index is 0.0766. The highest BCUT2D eigenvalue weighted by atomic mass is 32.2. The molecule has 0 fully saturated rings. The quantitative estimate of drug-likeness (QED) is 0.482. The Bertz CT molecular complexity index is 628. The van der Waals surface area contributed by atoms with Gasteiger partial charge < -0.3 is 9.88 Å². The molecule has 114 valence electrons. The molecule has 0 saturated carbocycles. The van der Waals surface area contributed by atoms with E-state index < -0.39 is 4.92 Å². The molecule has 0 amide bonds. The van der Waals surface area contributed by atoms with Crippen molar-refractivity contribution in [3.8, 4) is 0 Å². The number of thioether (sulfide) groups is 1. The first-order valence-electron chi connectivity index (χ1n) is 6.97. The number of fused-ring (bicyclic) bond motifs is 1. The molecule has 0 radical (unpaired) electrons. The first kappa shape index (κ1) is 15.6. The molecule has 7 heteroatoms. The Kier molecular flexibility index (Phi) is 5.06. The highest BCUT2D eigenvalue weighted by Gasteiger charge is 2.15. The first-order chi connectivity index (χ1) is 10.0. The van der Waals surface area contributed by atoms with Gasteiger partial charge in [0.1, 0.15) is 0 Å². The van der Waals surface area contributed by atoms with Gasteiger partial charge in [0.15, 0.2) is 0 Å². The number of benzene rings is 1. The van der Waals surface area contributed by atoms with E-state index in [0.717, 1.165) is 29.4 Å². The van der Waals surface area contributed by atoms with Gasteiger partial charge in [-0.3, -0.25) is 10.1 Å². The van der Waals surface area contributed by atoms with Crippen molar-refractivity contribution in [3.05, 3.63) is 28.3 Å². The summed E-state index contributed by atoms with van der Waals surface area (Å²) >= 11 is 1.93. The van der Waals surface area contributed by atoms with E-state index in [1.807, 2.05) is 18.8 Å². The Hall–Kier alpha value is -1.76. The molecule has 1 atom stereocenters. The maximum atomic E-state index is 10.8. The van der Waals surface area contributed by atoms with Gasteiger partial charge in [0.05, 0.1) is 16.0 Å². The molecule has 0 aliphatic carbocycles. The third-order valence-electron chi connectivity index (χ3n) is 3.54. The summed E-state index contributed by atoms with van der Waals surface area (Å²) in [6, 6.07) is 5.05. The normalized spacial score (nSPS) is 12.5. The van der Waals surface area contributed by atoms with Crippen LogP contribution in [0.4, 0.5) is 11.6 Å². The number of non-ortho nitro benzene ring substituents is 1. The van der Waals surface area contributed by atoms with Gasteiger partial charge in [-0.15, -0.1) is 0 Å². The van der Waals surface area contributed by atoms with Crippen molar-refractivity contribution in [1.82, 2.24) is 9.97 Å². The van der Waals surface area contributed by atoms with Crippen LogP contribution in [-0.2, 0) is 0 Å². The van der Waals surface area contributed by atoms with Gasteiger partial charge in [-0.05, 0) is 30.9 Å². The van der Waals surface area contributed by atoms with Crippen LogP contribution in [0.5, 0.6) is 0 Å². The summed E-state index contributed by atoms with van der Waals surface area (Å²) in [7, 11) is 1.99. The summed E-state index contributed by atoms with van der Waals surface area (Å²) in [5, 5.41) is 10.8. The molecule has 0 aliphatic rings. The molecule has 2 aromatic rings. The van der Waals surface area contributed by atoms with Gasteiger partial charge in [-0.2, -0.15) is 11.8 Å². The molecule has 0 aliphatic heterocycles. The van der Waals surface area contributed by atoms with Gasteiger partial charge in [-0.1, -0.05) is 6.92 Å². The van der Waals surface area contributed by atoms with Crippen molar-refractivity contribution in [2.75, 3.05) is 23.5 Å². The van der Waals surface area contributed by atoms with Gasteiger partial charge in [0, 0.05) is 25.2 Å². The van der Waals surface area contributed by atoms with Crippen LogP contribution in [0.3, 0.4) is 0 Å². The second kappa shape index (κ2) is 6.80. The van der Waals surface area contributed by atoms with Crippen molar-refractivity contribution in [1.29, 1.82) is 0 Å². The van der Waals surface area contributed by atoms with Crippen LogP contribution in [0, 0.1) is 10.1 Å². The van der Waals surface area contributed by atoms with Crippen LogP contribution in [0.25, 0.3) is 11.0 Å². The fraction of sp³-hybridized carbons (Fsp3) is 0.500. The number of H-pyrrole nitrogens is 1. The summed E-state index contributed by atoms with van der Waals surface area (Å²) in [6.07, 6.45) is 1.08. The van der Waals surface area contributed by atoms with Crippen molar-refractivity contribution < 1.29 is 4.92 Å². The number of aromatic nitrogens is 2. The Balaban J connectivity index is 2.16. The number of nitrogens with zero attached hydrogens (tertiary/aromatic N) is 3. The zero-order valence-corrected chi connectivity index (χ0v) is 13.3. The fourth-order valence-corrected chi connectivity index (χ4v) is 2.86. The Morgan fingerprint density at radius 1 is 1.52 bits per heavy atom. The lowest BCUT2D eigenvalue weighted by Crippen LogP contribution is -2.30. The summed E-state index contributed by atoms with van der Waals surface area (Å²) < 4.78 is 0. The molecule has 1 aromatic heterocycles. The van der Waals surface area contributed by atoms with E-state index in [-0.39, 0.29) is 5.69 Å². The van der Waals surface area contributed by atoms with E-state index in [1.54, 1.807) is 6.07 Å². The number of hydrogen-bond donors (Lipinski definition) is 1. The van der Waals surface area contributed by atoms with Gasteiger partial charge in [0.25, 0.3) is 5.69 Å². The average Bonchev–Trinajstić information content (AvgIpc) is 2.89. The van der Waals surface area contributed by atoms with E-state index in [2.05, 4.69) is 28.7 Å². The van der Waals surface area contributed by atoms with E-state index in [1.165, 1.54) is 12.1 Å². The van der Waals surface area contributed by atoms with E-state index in [0.29, 0.717) is 11.6 Å². The predicted octanol–water partition coefficient (Wildman–Crippen LogP) is 3.44. The number of imidazole rings is 1. The maximum Gasteiger partial charge on any atom is 0.271 e. The summed E-state index contributed by atoms with van der Waals surface area (Å²) in [6.45, 7) is 4.32. The number of nitro groups is 1. The minimum atomic E-state index is -0.395. The van der Waals surface area contributed by atoms with E-state index in [9.17, 15) is 10.1 Å². The zero-order chi connectivity index (χ0) is 15.4. The van der Waals surface area contributed by atoms with Crippen LogP contribution in [0.1, 0.15) is 20.3 Å². The van der Waals surface area contributed by atoms with Crippen molar-refractivity contribution in [2.24, 2.45) is 0 Å². The largest absolute Gasteiger partial charge is 0.343 e. The zero-order valence-electron chi connectivity index (χ0n) is 12.5. The standard InChI is InChI=1S/C14H20N4O2S/c1-4-21-8-7-10(2)17(3)14-15-12-6-5-11(18(19)20)9-13(12)16-14/h5-6,9-10H,4,7-8H2,1-3H3,(H,15,16)/t10-/m1/s1. The number of nitrogens with one attached hydrogen (secondary N) is 1. The number of aromatic amines is 1. The smallest absolute Gasteiger partial charge is 0.271 e. The number of anilines is 1. The minimum Gasteiger partial charge on any atom is -0.343 e. The van der Waals surface area contributed by atoms with E-state index >= 15 is 0 Å². The molecule has 1 N–H and O–H groups in total. The van der Waals surface area contributed by atoms with E-state index in [4.69, 9.17) is 0 Å². The van der Waals surface area contributed by atoms with Crippen molar-refractivity contribution in [3.63, 3.8) is 0 Å². The van der Waals surface area contributed by atoms with Gasteiger partial charge >= 0.3 is 0 Å². The third-order valence-corrected chi connectivity index (χ3v) is 4.48. The highest BCUT2D eigenvalue weighted by molar-refractivity contribution is 7.99. The van der Waals surface area contributed by atoms with Crippen LogP contribution in [0.15, 0.2) is 18.2 Å². The molecule has 21 heavy (non-hydrogen) atoms. The summed E-state index contributed by atoms with van der Waals surface area (Å²) in [5.74, 6) is 3.00. The topological polar surface area (TPSA) is 75.1 Å². The molecule has 0 unspecified atom stereocenters. The second-order valence-corrected chi connectivity index (χ2v) is 6.36. The average molecular weight is 308 g/mol. The highest BCUT2D eigenvalue weighted by Crippen LogP contribution is 2.23. The molecule has 0 bridgehead atoms. The van der Waals surface area contributed by atoms with Crippen LogP contribution in [-0.4, -0.2) is 39.5 Å². The lowest BCUT2D eigenvalue weighted by molar-refractivity contribution is -0.384. The monoisotopic (exact) mass is 308 g/mol. The molecular formula is C14H20N4O2S. The number of hydrogen-bond acceptors (Lipinski definition) is 5. The predicted molar refractivity (Wildman–Crippen MR) is 88.2 cm³/mol. The molecule has 0 spiro atoms.